The zero-order valence-electron chi connectivity index (χ0n) is 11.4. The molecule has 0 amide bonds. The van der Waals surface area contributed by atoms with Crippen molar-refractivity contribution in [2.75, 3.05) is 7.11 Å². The van der Waals surface area contributed by atoms with Crippen molar-refractivity contribution in [3.8, 4) is 5.75 Å². The van der Waals surface area contributed by atoms with Crippen molar-refractivity contribution >= 4 is 0 Å². The van der Waals surface area contributed by atoms with E-state index < -0.39 is 0 Å². The van der Waals surface area contributed by atoms with Gasteiger partial charge >= 0.3 is 0 Å². The van der Waals surface area contributed by atoms with Crippen LogP contribution in [-0.4, -0.2) is 18.3 Å². The fourth-order valence-electron chi connectivity index (χ4n) is 2.23. The molecule has 0 aromatic heterocycles. The average molecular weight is 248 g/mol. The third-order valence-corrected chi connectivity index (χ3v) is 3.27. The van der Waals surface area contributed by atoms with Crippen LogP contribution in [0.4, 0.5) is 0 Å². The molecule has 2 atom stereocenters. The van der Waals surface area contributed by atoms with Gasteiger partial charge in [0.2, 0.25) is 0 Å². The van der Waals surface area contributed by atoms with Crippen LogP contribution in [0.15, 0.2) is 36.9 Å². The van der Waals surface area contributed by atoms with Crippen molar-refractivity contribution < 1.29 is 9.84 Å². The summed E-state index contributed by atoms with van der Waals surface area (Å²) in [6.45, 7) is 5.86. The number of aliphatic hydroxyl groups is 1. The minimum atomic E-state index is -0.275. The third kappa shape index (κ3) is 4.19. The Morgan fingerprint density at radius 2 is 1.94 bits per heavy atom. The van der Waals surface area contributed by atoms with Crippen molar-refractivity contribution in [2.45, 2.75) is 44.6 Å². The fraction of sp³-hybridized carbons (Fsp3) is 0.500. The highest BCUT2D eigenvalue weighted by Gasteiger charge is 2.19. The van der Waals surface area contributed by atoms with Crippen LogP contribution in [-0.2, 0) is 0 Å². The van der Waals surface area contributed by atoms with Crippen LogP contribution in [0.3, 0.4) is 0 Å². The van der Waals surface area contributed by atoms with Crippen LogP contribution in [0.2, 0.25) is 0 Å². The lowest BCUT2D eigenvalue weighted by atomic mass is 9.87. The number of ether oxygens (including phenoxy) is 1. The highest BCUT2D eigenvalue weighted by molar-refractivity contribution is 5.30. The van der Waals surface area contributed by atoms with Crippen LogP contribution in [0, 0.1) is 0 Å². The molecule has 0 heterocycles. The summed E-state index contributed by atoms with van der Waals surface area (Å²) in [7, 11) is 1.66. The number of rotatable bonds is 8. The molecule has 1 rings (SSSR count). The Kier molecular flexibility index (Phi) is 6.51. The first-order valence-corrected chi connectivity index (χ1v) is 6.65. The number of allylic oxidation sites excluding steroid dienone is 1. The predicted octanol–water partition coefficient (Wildman–Crippen LogP) is 3.91. The number of aliphatic hydroxyl groups excluding tert-OH is 1. The molecular formula is C16H24O2. The molecule has 0 unspecified atom stereocenters. The molecule has 18 heavy (non-hydrogen) atoms. The first-order chi connectivity index (χ1) is 8.72. The molecular weight excluding hydrogens is 224 g/mol. The van der Waals surface area contributed by atoms with E-state index >= 15 is 0 Å². The molecule has 0 saturated carbocycles. The molecule has 1 aromatic carbocycles. The summed E-state index contributed by atoms with van der Waals surface area (Å²) in [6.07, 6.45) is 5.35. The summed E-state index contributed by atoms with van der Waals surface area (Å²) in [4.78, 5) is 0. The van der Waals surface area contributed by atoms with Crippen molar-refractivity contribution in [2.24, 2.45) is 0 Å². The number of benzene rings is 1. The monoisotopic (exact) mass is 248 g/mol. The second kappa shape index (κ2) is 7.93. The summed E-state index contributed by atoms with van der Waals surface area (Å²) in [6, 6.07) is 8.00. The SMILES string of the molecule is C=CCC[C@H](c1ccc(OC)cc1)[C@H](O)CCC. The van der Waals surface area contributed by atoms with Gasteiger partial charge in [-0.3, -0.25) is 0 Å². The van der Waals surface area contributed by atoms with Crippen molar-refractivity contribution in [3.63, 3.8) is 0 Å². The maximum atomic E-state index is 10.2. The second-order valence-electron chi connectivity index (χ2n) is 4.60. The Morgan fingerprint density at radius 1 is 1.28 bits per heavy atom. The van der Waals surface area contributed by atoms with E-state index in [-0.39, 0.29) is 12.0 Å². The zero-order valence-corrected chi connectivity index (χ0v) is 11.4. The van der Waals surface area contributed by atoms with Crippen molar-refractivity contribution in [1.82, 2.24) is 0 Å². The highest BCUT2D eigenvalue weighted by atomic mass is 16.5. The summed E-state index contributed by atoms with van der Waals surface area (Å²) in [5.74, 6) is 1.04. The molecule has 2 nitrogen and oxygen atoms in total. The van der Waals surface area contributed by atoms with E-state index in [1.807, 2.05) is 30.3 Å². The Hall–Kier alpha value is -1.28. The molecule has 0 spiro atoms. The maximum absolute atomic E-state index is 10.2. The summed E-state index contributed by atoms with van der Waals surface area (Å²) < 4.78 is 5.16. The van der Waals surface area contributed by atoms with Gasteiger partial charge in [0, 0.05) is 5.92 Å². The van der Waals surface area contributed by atoms with Gasteiger partial charge in [0.15, 0.2) is 0 Å². The van der Waals surface area contributed by atoms with Gasteiger partial charge in [-0.2, -0.15) is 0 Å². The topological polar surface area (TPSA) is 29.5 Å². The van der Waals surface area contributed by atoms with Crippen LogP contribution < -0.4 is 4.74 Å². The van der Waals surface area contributed by atoms with Gasteiger partial charge in [0.1, 0.15) is 5.75 Å². The van der Waals surface area contributed by atoms with Gasteiger partial charge in [0.05, 0.1) is 13.2 Å². The van der Waals surface area contributed by atoms with Crippen LogP contribution in [0.1, 0.15) is 44.1 Å². The lowest BCUT2D eigenvalue weighted by Crippen LogP contribution is -2.18. The third-order valence-electron chi connectivity index (χ3n) is 3.27. The first-order valence-electron chi connectivity index (χ1n) is 6.65. The summed E-state index contributed by atoms with van der Waals surface area (Å²) in [5.41, 5.74) is 1.18. The quantitative estimate of drug-likeness (QED) is 0.707. The van der Waals surface area contributed by atoms with Crippen molar-refractivity contribution in [3.05, 3.63) is 42.5 Å². The second-order valence-corrected chi connectivity index (χ2v) is 4.60. The molecule has 0 radical (unpaired) electrons. The van der Waals surface area contributed by atoms with Gasteiger partial charge in [-0.1, -0.05) is 31.6 Å². The highest BCUT2D eigenvalue weighted by Crippen LogP contribution is 2.29. The normalized spacial score (nSPS) is 13.9. The van der Waals surface area contributed by atoms with E-state index in [0.29, 0.717) is 0 Å². The van der Waals surface area contributed by atoms with Crippen LogP contribution >= 0.6 is 0 Å². The van der Waals surface area contributed by atoms with E-state index in [1.165, 1.54) is 5.56 Å². The molecule has 0 aliphatic heterocycles. The molecule has 2 heteroatoms. The molecule has 1 N–H and O–H groups in total. The van der Waals surface area contributed by atoms with Crippen molar-refractivity contribution in [1.29, 1.82) is 0 Å². The van der Waals surface area contributed by atoms with Crippen LogP contribution in [0.5, 0.6) is 5.75 Å². The smallest absolute Gasteiger partial charge is 0.118 e. The predicted molar refractivity (Wildman–Crippen MR) is 76.1 cm³/mol. The minimum absolute atomic E-state index is 0.189. The van der Waals surface area contributed by atoms with E-state index in [4.69, 9.17) is 4.74 Å². The van der Waals surface area contributed by atoms with Gasteiger partial charge < -0.3 is 9.84 Å². The summed E-state index contributed by atoms with van der Waals surface area (Å²) >= 11 is 0. The zero-order chi connectivity index (χ0) is 13.4. The van der Waals surface area contributed by atoms with Gasteiger partial charge in [0.25, 0.3) is 0 Å². The molecule has 0 aliphatic rings. The number of hydrogen-bond acceptors (Lipinski definition) is 2. The van der Waals surface area contributed by atoms with E-state index in [1.54, 1.807) is 7.11 Å². The number of hydrogen-bond donors (Lipinski definition) is 1. The average Bonchev–Trinajstić information content (AvgIpc) is 2.40. The summed E-state index contributed by atoms with van der Waals surface area (Å²) in [5, 5.41) is 10.2. The standard InChI is InChI=1S/C16H24O2/c1-4-6-8-15(16(17)7-5-2)13-9-11-14(18-3)12-10-13/h4,9-12,15-17H,1,5-8H2,2-3H3/t15-,16-/m1/s1. The molecule has 0 saturated heterocycles. The maximum Gasteiger partial charge on any atom is 0.118 e. The molecule has 1 aromatic rings. The fourth-order valence-corrected chi connectivity index (χ4v) is 2.23. The molecule has 0 aliphatic carbocycles. The first kappa shape index (κ1) is 14.8. The number of methoxy groups -OCH3 is 1. The Labute approximate surface area is 110 Å². The van der Waals surface area contributed by atoms with E-state index in [2.05, 4.69) is 13.5 Å². The van der Waals surface area contributed by atoms with Crippen LogP contribution in [0.25, 0.3) is 0 Å². The molecule has 0 bridgehead atoms. The van der Waals surface area contributed by atoms with E-state index in [9.17, 15) is 5.11 Å². The lowest BCUT2D eigenvalue weighted by molar-refractivity contribution is 0.128. The van der Waals surface area contributed by atoms with Gasteiger partial charge in [-0.05, 0) is 37.0 Å². The van der Waals surface area contributed by atoms with E-state index in [0.717, 1.165) is 31.4 Å². The van der Waals surface area contributed by atoms with Gasteiger partial charge in [-0.15, -0.1) is 6.58 Å². The Bertz CT molecular complexity index is 343. The Balaban J connectivity index is 2.82. The minimum Gasteiger partial charge on any atom is -0.497 e. The Morgan fingerprint density at radius 3 is 2.44 bits per heavy atom. The largest absolute Gasteiger partial charge is 0.497 e. The van der Waals surface area contributed by atoms with Gasteiger partial charge in [-0.25, -0.2) is 0 Å². The molecule has 0 fully saturated rings. The molecule has 100 valence electrons. The lowest BCUT2D eigenvalue weighted by Gasteiger charge is -2.23.